The minimum Gasteiger partial charge on any atom is -0.491 e. The lowest BCUT2D eigenvalue weighted by atomic mass is 9.91. The third-order valence-electron chi connectivity index (χ3n) is 3.82. The Morgan fingerprint density at radius 3 is 2.26 bits per heavy atom. The van der Waals surface area contributed by atoms with E-state index in [2.05, 4.69) is 52.0 Å². The van der Waals surface area contributed by atoms with E-state index in [9.17, 15) is 0 Å². The summed E-state index contributed by atoms with van der Waals surface area (Å²) < 4.78 is 11.4. The molecule has 0 aromatic heterocycles. The van der Waals surface area contributed by atoms with E-state index in [0.717, 1.165) is 18.6 Å². The Balaban J connectivity index is 1.94. The molecule has 0 amide bonds. The van der Waals surface area contributed by atoms with Gasteiger partial charge in [0.15, 0.2) is 0 Å². The van der Waals surface area contributed by atoms with Crippen LogP contribution in [0, 0.1) is 0 Å². The molecule has 106 valence electrons. The summed E-state index contributed by atoms with van der Waals surface area (Å²) in [5.41, 5.74) is 1.41. The number of ether oxygens (including phenoxy) is 2. The lowest BCUT2D eigenvalue weighted by Crippen LogP contribution is -2.06. The molecule has 0 saturated carbocycles. The Bertz CT molecular complexity index is 383. The maximum absolute atomic E-state index is 5.69. The standard InChI is InChI=1S/C17H26O2/c1-5-13(11-17-16(6-2)19-17)14-7-9-15(10-8-14)18-12(3)4/h7-10,12-13,16-17H,5-6,11H2,1-4H3. The highest BCUT2D eigenvalue weighted by Gasteiger charge is 2.38. The van der Waals surface area contributed by atoms with Crippen LogP contribution in [0.25, 0.3) is 0 Å². The number of hydrogen-bond acceptors (Lipinski definition) is 2. The van der Waals surface area contributed by atoms with Crippen LogP contribution in [0.3, 0.4) is 0 Å². The van der Waals surface area contributed by atoms with Gasteiger partial charge in [-0.15, -0.1) is 0 Å². The molecule has 0 bridgehead atoms. The Morgan fingerprint density at radius 2 is 1.79 bits per heavy atom. The lowest BCUT2D eigenvalue weighted by Gasteiger charge is -2.15. The van der Waals surface area contributed by atoms with Crippen molar-refractivity contribution in [2.45, 2.75) is 71.2 Å². The van der Waals surface area contributed by atoms with Gasteiger partial charge in [-0.1, -0.05) is 26.0 Å². The lowest BCUT2D eigenvalue weighted by molar-refractivity contribution is 0.242. The van der Waals surface area contributed by atoms with Gasteiger partial charge in [-0.3, -0.25) is 0 Å². The number of benzene rings is 1. The van der Waals surface area contributed by atoms with Gasteiger partial charge < -0.3 is 9.47 Å². The van der Waals surface area contributed by atoms with Crippen LogP contribution in [-0.4, -0.2) is 18.3 Å². The van der Waals surface area contributed by atoms with Crippen LogP contribution < -0.4 is 4.74 Å². The third kappa shape index (κ3) is 3.97. The molecule has 1 heterocycles. The highest BCUT2D eigenvalue weighted by Crippen LogP contribution is 2.36. The fraction of sp³-hybridized carbons (Fsp3) is 0.647. The fourth-order valence-electron chi connectivity index (χ4n) is 2.66. The van der Waals surface area contributed by atoms with E-state index in [1.165, 1.54) is 12.0 Å². The van der Waals surface area contributed by atoms with E-state index in [1.807, 2.05) is 0 Å². The molecule has 19 heavy (non-hydrogen) atoms. The highest BCUT2D eigenvalue weighted by atomic mass is 16.6. The first-order chi connectivity index (χ1) is 9.13. The first-order valence-corrected chi connectivity index (χ1v) is 7.56. The molecule has 3 unspecified atom stereocenters. The zero-order chi connectivity index (χ0) is 13.8. The van der Waals surface area contributed by atoms with E-state index in [1.54, 1.807) is 0 Å². The number of hydrogen-bond donors (Lipinski definition) is 0. The Morgan fingerprint density at radius 1 is 1.11 bits per heavy atom. The first-order valence-electron chi connectivity index (χ1n) is 7.56. The van der Waals surface area contributed by atoms with Crippen LogP contribution in [0.1, 0.15) is 58.4 Å². The van der Waals surface area contributed by atoms with E-state index in [4.69, 9.17) is 9.47 Å². The van der Waals surface area contributed by atoms with Gasteiger partial charge in [0.2, 0.25) is 0 Å². The molecule has 2 heteroatoms. The van der Waals surface area contributed by atoms with Crippen LogP contribution >= 0.6 is 0 Å². The molecule has 0 spiro atoms. The van der Waals surface area contributed by atoms with Crippen LogP contribution in [0.2, 0.25) is 0 Å². The van der Waals surface area contributed by atoms with Gasteiger partial charge in [-0.05, 0) is 56.7 Å². The zero-order valence-electron chi connectivity index (χ0n) is 12.6. The van der Waals surface area contributed by atoms with Crippen LogP contribution in [-0.2, 0) is 4.74 Å². The van der Waals surface area contributed by atoms with E-state index in [-0.39, 0.29) is 6.10 Å². The highest BCUT2D eigenvalue weighted by molar-refractivity contribution is 5.29. The van der Waals surface area contributed by atoms with Crippen molar-refractivity contribution in [2.24, 2.45) is 0 Å². The summed E-state index contributed by atoms with van der Waals surface area (Å²) in [6.45, 7) is 8.56. The van der Waals surface area contributed by atoms with Crippen molar-refractivity contribution < 1.29 is 9.47 Å². The first kappa shape index (κ1) is 14.4. The topological polar surface area (TPSA) is 21.8 Å². The van der Waals surface area contributed by atoms with Crippen molar-refractivity contribution in [3.63, 3.8) is 0 Å². The van der Waals surface area contributed by atoms with Gasteiger partial charge >= 0.3 is 0 Å². The zero-order valence-corrected chi connectivity index (χ0v) is 12.6. The molecule has 1 aromatic rings. The van der Waals surface area contributed by atoms with Gasteiger partial charge in [-0.2, -0.15) is 0 Å². The molecule has 0 aliphatic carbocycles. The predicted molar refractivity (Wildman–Crippen MR) is 78.8 cm³/mol. The molecule has 1 fully saturated rings. The van der Waals surface area contributed by atoms with Gasteiger partial charge in [0.1, 0.15) is 5.75 Å². The summed E-state index contributed by atoms with van der Waals surface area (Å²) in [6, 6.07) is 8.58. The molecule has 1 aliphatic heterocycles. The Kier molecular flexibility index (Phi) is 4.87. The van der Waals surface area contributed by atoms with E-state index in [0.29, 0.717) is 18.1 Å². The Hall–Kier alpha value is -1.02. The van der Waals surface area contributed by atoms with Crippen molar-refractivity contribution in [3.8, 4) is 5.75 Å². The number of epoxide rings is 1. The smallest absolute Gasteiger partial charge is 0.119 e. The summed E-state index contributed by atoms with van der Waals surface area (Å²) in [4.78, 5) is 0. The van der Waals surface area contributed by atoms with Crippen molar-refractivity contribution >= 4 is 0 Å². The van der Waals surface area contributed by atoms with E-state index < -0.39 is 0 Å². The summed E-state index contributed by atoms with van der Waals surface area (Å²) in [5, 5.41) is 0. The minimum atomic E-state index is 0.234. The predicted octanol–water partition coefficient (Wildman–Crippen LogP) is 4.53. The van der Waals surface area contributed by atoms with Crippen molar-refractivity contribution in [3.05, 3.63) is 29.8 Å². The SMILES string of the molecule is CCC(CC1OC1CC)c1ccc(OC(C)C)cc1. The van der Waals surface area contributed by atoms with Crippen LogP contribution in [0.5, 0.6) is 5.75 Å². The molecule has 1 aromatic carbocycles. The van der Waals surface area contributed by atoms with Gasteiger partial charge in [0.05, 0.1) is 18.3 Å². The van der Waals surface area contributed by atoms with E-state index >= 15 is 0 Å². The number of rotatable bonds is 7. The maximum atomic E-state index is 5.69. The minimum absolute atomic E-state index is 0.234. The summed E-state index contributed by atoms with van der Waals surface area (Å²) in [7, 11) is 0. The van der Waals surface area contributed by atoms with Crippen LogP contribution in [0.15, 0.2) is 24.3 Å². The van der Waals surface area contributed by atoms with Gasteiger partial charge in [-0.25, -0.2) is 0 Å². The normalized spacial score (nSPS) is 23.4. The van der Waals surface area contributed by atoms with Gasteiger partial charge in [0, 0.05) is 0 Å². The van der Waals surface area contributed by atoms with Gasteiger partial charge in [0.25, 0.3) is 0 Å². The molecular weight excluding hydrogens is 236 g/mol. The Labute approximate surface area is 117 Å². The molecule has 0 N–H and O–H groups in total. The van der Waals surface area contributed by atoms with Crippen molar-refractivity contribution in [1.82, 2.24) is 0 Å². The monoisotopic (exact) mass is 262 g/mol. The molecule has 1 aliphatic rings. The molecule has 0 radical (unpaired) electrons. The third-order valence-corrected chi connectivity index (χ3v) is 3.82. The largest absolute Gasteiger partial charge is 0.491 e. The van der Waals surface area contributed by atoms with Crippen LogP contribution in [0.4, 0.5) is 0 Å². The molecule has 2 nitrogen and oxygen atoms in total. The molecule has 2 rings (SSSR count). The summed E-state index contributed by atoms with van der Waals surface area (Å²) >= 11 is 0. The average Bonchev–Trinajstić information content (AvgIpc) is 3.15. The average molecular weight is 262 g/mol. The van der Waals surface area contributed by atoms with Crippen molar-refractivity contribution in [2.75, 3.05) is 0 Å². The molecule has 3 atom stereocenters. The fourth-order valence-corrected chi connectivity index (χ4v) is 2.66. The molecule has 1 saturated heterocycles. The quantitative estimate of drug-likeness (QED) is 0.673. The second kappa shape index (κ2) is 6.42. The summed E-state index contributed by atoms with van der Waals surface area (Å²) in [6.07, 6.45) is 4.69. The second-order valence-electron chi connectivity index (χ2n) is 5.70. The van der Waals surface area contributed by atoms with Crippen molar-refractivity contribution in [1.29, 1.82) is 0 Å². The maximum Gasteiger partial charge on any atom is 0.119 e. The second-order valence-corrected chi connectivity index (χ2v) is 5.70. The summed E-state index contributed by atoms with van der Waals surface area (Å²) in [5.74, 6) is 1.57. The molecular formula is C17H26O2.